The molecule has 1 aliphatic heterocycles. The molecule has 1 amide bonds. The molecule has 8 nitrogen and oxygen atoms in total. The molecule has 0 saturated carbocycles. The monoisotopic (exact) mass is 412 g/mol. The number of thioether (sulfide) groups is 1. The average Bonchev–Trinajstić information content (AvgIpc) is 3.21. The lowest BCUT2D eigenvalue weighted by molar-refractivity contribution is -0.157. The van der Waals surface area contributed by atoms with Crippen LogP contribution in [-0.4, -0.2) is 66.6 Å². The van der Waals surface area contributed by atoms with E-state index in [9.17, 15) is 18.0 Å². The number of oxazole rings is 1. The van der Waals surface area contributed by atoms with Gasteiger partial charge in [0.25, 0.3) is 11.1 Å². The zero-order valence-electron chi connectivity index (χ0n) is 15.0. The van der Waals surface area contributed by atoms with E-state index < -0.39 is 27.8 Å². The number of esters is 1. The molecule has 0 unspecified atom stereocenters. The molecular formula is C17H20N2O6S2. The molecule has 0 bridgehead atoms. The summed E-state index contributed by atoms with van der Waals surface area (Å²) in [7, 11) is -1.56. The number of rotatable bonds is 6. The minimum absolute atomic E-state index is 0.0496. The zero-order chi connectivity index (χ0) is 19.6. The Labute approximate surface area is 161 Å². The summed E-state index contributed by atoms with van der Waals surface area (Å²) in [6.07, 6.45) is -0.589. The number of nitrogens with zero attached hydrogens (tertiary/aromatic N) is 2. The Hall–Kier alpha value is -2.07. The van der Waals surface area contributed by atoms with Gasteiger partial charge in [0, 0.05) is 13.1 Å². The fraction of sp³-hybridized carbons (Fsp3) is 0.471. The van der Waals surface area contributed by atoms with Gasteiger partial charge in [-0.15, -0.1) is 0 Å². The highest BCUT2D eigenvalue weighted by atomic mass is 32.2. The molecule has 0 spiro atoms. The third-order valence-corrected chi connectivity index (χ3v) is 6.90. The van der Waals surface area contributed by atoms with E-state index in [-0.39, 0.29) is 23.3 Å². The van der Waals surface area contributed by atoms with Gasteiger partial charge in [-0.1, -0.05) is 23.9 Å². The van der Waals surface area contributed by atoms with Crippen molar-refractivity contribution in [2.24, 2.45) is 0 Å². The lowest BCUT2D eigenvalue weighted by Gasteiger charge is -2.26. The molecule has 0 radical (unpaired) electrons. The van der Waals surface area contributed by atoms with Crippen molar-refractivity contribution in [1.82, 2.24) is 9.88 Å². The Morgan fingerprint density at radius 3 is 2.81 bits per heavy atom. The molecule has 2 aromatic rings. The Kier molecular flexibility index (Phi) is 5.75. The minimum atomic E-state index is -3.10. The second-order valence-corrected chi connectivity index (χ2v) is 9.53. The maximum Gasteiger partial charge on any atom is 0.317 e. The van der Waals surface area contributed by atoms with Gasteiger partial charge in [0.15, 0.2) is 21.5 Å². The first kappa shape index (κ1) is 19.7. The van der Waals surface area contributed by atoms with Gasteiger partial charge in [0.1, 0.15) is 11.3 Å². The molecule has 1 aromatic carbocycles. The predicted molar refractivity (Wildman–Crippen MR) is 100 cm³/mol. The lowest BCUT2D eigenvalue weighted by Crippen LogP contribution is -2.44. The number of para-hydroxylation sites is 2. The standard InChI is InChI=1S/C17H20N2O6S2/c1-11(16(21)19(2)12-7-8-27(22,23)10-12)24-15(20)9-26-17-18-13-5-3-4-6-14(13)25-17/h3-6,11-12H,7-10H2,1-2H3/t11-,12-/m1/s1. The molecule has 1 saturated heterocycles. The fourth-order valence-corrected chi connectivity index (χ4v) is 5.26. The highest BCUT2D eigenvalue weighted by Crippen LogP contribution is 2.23. The SMILES string of the molecule is C[C@@H](OC(=O)CSc1nc2ccccc2o1)C(=O)N(C)[C@@H]1CCS(=O)(=O)C1. The van der Waals surface area contributed by atoms with Crippen LogP contribution >= 0.6 is 11.8 Å². The zero-order valence-corrected chi connectivity index (χ0v) is 16.6. The number of ether oxygens (including phenoxy) is 1. The average molecular weight is 412 g/mol. The number of hydrogen-bond acceptors (Lipinski definition) is 8. The Balaban J connectivity index is 1.50. The van der Waals surface area contributed by atoms with Gasteiger partial charge in [-0.05, 0) is 25.5 Å². The highest BCUT2D eigenvalue weighted by Gasteiger charge is 2.34. The summed E-state index contributed by atoms with van der Waals surface area (Å²) in [5, 5.41) is 0.348. The topological polar surface area (TPSA) is 107 Å². The molecular weight excluding hydrogens is 392 g/mol. The smallest absolute Gasteiger partial charge is 0.317 e. The molecule has 2 atom stereocenters. The minimum Gasteiger partial charge on any atom is -0.452 e. The summed E-state index contributed by atoms with van der Waals surface area (Å²) in [6, 6.07) is 6.88. The van der Waals surface area contributed by atoms with Gasteiger partial charge in [0.2, 0.25) is 0 Å². The molecule has 10 heteroatoms. The van der Waals surface area contributed by atoms with Crippen LogP contribution in [0.5, 0.6) is 0 Å². The van der Waals surface area contributed by atoms with Gasteiger partial charge in [-0.3, -0.25) is 9.59 Å². The van der Waals surface area contributed by atoms with Crippen molar-refractivity contribution in [2.75, 3.05) is 24.3 Å². The van der Waals surface area contributed by atoms with E-state index in [4.69, 9.17) is 9.15 Å². The molecule has 27 heavy (non-hydrogen) atoms. The summed E-state index contributed by atoms with van der Waals surface area (Å²) in [4.78, 5) is 30.0. The van der Waals surface area contributed by atoms with Crippen molar-refractivity contribution in [3.8, 4) is 0 Å². The van der Waals surface area contributed by atoms with Crippen molar-refractivity contribution < 1.29 is 27.2 Å². The molecule has 1 aliphatic rings. The lowest BCUT2D eigenvalue weighted by atomic mass is 10.2. The summed E-state index contributed by atoms with van der Waals surface area (Å²) in [5.74, 6) is -1.02. The van der Waals surface area contributed by atoms with Crippen LogP contribution < -0.4 is 0 Å². The van der Waals surface area contributed by atoms with Crippen molar-refractivity contribution >= 4 is 44.6 Å². The van der Waals surface area contributed by atoms with E-state index in [1.54, 1.807) is 12.1 Å². The maximum atomic E-state index is 12.4. The molecule has 0 aliphatic carbocycles. The quantitative estimate of drug-likeness (QED) is 0.519. The normalized spacial score (nSPS) is 19.7. The Bertz CT molecular complexity index is 922. The number of aromatic nitrogens is 1. The van der Waals surface area contributed by atoms with Crippen molar-refractivity contribution in [3.05, 3.63) is 24.3 Å². The highest BCUT2D eigenvalue weighted by molar-refractivity contribution is 7.99. The molecule has 0 N–H and O–H groups in total. The molecule has 1 fully saturated rings. The van der Waals surface area contributed by atoms with E-state index in [1.165, 1.54) is 18.9 Å². The molecule has 1 aromatic heterocycles. The predicted octanol–water partition coefficient (Wildman–Crippen LogP) is 1.50. The van der Waals surface area contributed by atoms with E-state index in [0.717, 1.165) is 11.8 Å². The largest absolute Gasteiger partial charge is 0.452 e. The number of sulfone groups is 1. The number of hydrogen-bond donors (Lipinski definition) is 0. The first-order chi connectivity index (χ1) is 12.7. The maximum absolute atomic E-state index is 12.4. The van der Waals surface area contributed by atoms with Gasteiger partial charge in [-0.25, -0.2) is 13.4 Å². The van der Waals surface area contributed by atoms with Crippen molar-refractivity contribution in [3.63, 3.8) is 0 Å². The van der Waals surface area contributed by atoms with Crippen molar-refractivity contribution in [1.29, 1.82) is 0 Å². The van der Waals surface area contributed by atoms with E-state index in [1.807, 2.05) is 12.1 Å². The Morgan fingerprint density at radius 2 is 2.15 bits per heavy atom. The van der Waals surface area contributed by atoms with E-state index in [2.05, 4.69) is 4.98 Å². The van der Waals surface area contributed by atoms with Gasteiger partial charge in [0.05, 0.1) is 11.5 Å². The first-order valence-corrected chi connectivity index (χ1v) is 11.2. The number of fused-ring (bicyclic) bond motifs is 1. The van der Waals surface area contributed by atoms with E-state index in [0.29, 0.717) is 22.7 Å². The van der Waals surface area contributed by atoms with Crippen LogP contribution in [0.4, 0.5) is 0 Å². The fourth-order valence-electron chi connectivity index (χ4n) is 2.86. The number of carbonyl (C=O) groups excluding carboxylic acids is 2. The van der Waals surface area contributed by atoms with Crippen LogP contribution in [-0.2, 0) is 24.2 Å². The van der Waals surface area contributed by atoms with Crippen LogP contribution in [0.3, 0.4) is 0 Å². The Morgan fingerprint density at radius 1 is 1.41 bits per heavy atom. The number of amides is 1. The number of likely N-dealkylation sites (N-methyl/N-ethyl adjacent to an activating group) is 1. The number of carbonyl (C=O) groups is 2. The third-order valence-electron chi connectivity index (χ3n) is 4.35. The van der Waals surface area contributed by atoms with Crippen LogP contribution in [0.15, 0.2) is 33.9 Å². The third kappa shape index (κ3) is 4.81. The van der Waals surface area contributed by atoms with Gasteiger partial charge in [-0.2, -0.15) is 0 Å². The van der Waals surface area contributed by atoms with Gasteiger partial charge < -0.3 is 14.1 Å². The van der Waals surface area contributed by atoms with Crippen molar-refractivity contribution in [2.45, 2.75) is 30.7 Å². The summed E-state index contributed by atoms with van der Waals surface area (Å²) >= 11 is 1.08. The van der Waals surface area contributed by atoms with Crippen LogP contribution in [0.1, 0.15) is 13.3 Å². The summed E-state index contributed by atoms with van der Waals surface area (Å²) in [6.45, 7) is 1.48. The summed E-state index contributed by atoms with van der Waals surface area (Å²) < 4.78 is 33.8. The number of benzene rings is 1. The van der Waals surface area contributed by atoms with Gasteiger partial charge >= 0.3 is 5.97 Å². The summed E-state index contributed by atoms with van der Waals surface area (Å²) in [5.41, 5.74) is 1.33. The molecule has 3 rings (SSSR count). The molecule has 146 valence electrons. The van der Waals surface area contributed by atoms with Crippen LogP contribution in [0, 0.1) is 0 Å². The second kappa shape index (κ2) is 7.89. The van der Waals surface area contributed by atoms with Crippen LogP contribution in [0.25, 0.3) is 11.1 Å². The van der Waals surface area contributed by atoms with Crippen LogP contribution in [0.2, 0.25) is 0 Å². The van der Waals surface area contributed by atoms with E-state index >= 15 is 0 Å². The second-order valence-electron chi connectivity index (χ2n) is 6.37. The first-order valence-electron chi connectivity index (χ1n) is 8.40. The molecule has 2 heterocycles.